The van der Waals surface area contributed by atoms with Crippen molar-refractivity contribution in [3.63, 3.8) is 0 Å². The van der Waals surface area contributed by atoms with E-state index in [1.807, 2.05) is 0 Å². The molecule has 5 heterocycles. The van der Waals surface area contributed by atoms with E-state index in [0.29, 0.717) is 28.2 Å². The van der Waals surface area contributed by atoms with Gasteiger partial charge < -0.3 is 24.7 Å². The van der Waals surface area contributed by atoms with Crippen molar-refractivity contribution in [2.24, 2.45) is 0 Å². The van der Waals surface area contributed by atoms with Crippen molar-refractivity contribution in [1.82, 2.24) is 30.7 Å². The average Bonchev–Trinajstić information content (AvgIpc) is 3.62. The molecule has 1 atom stereocenters. The number of methoxy groups -OCH3 is 1. The van der Waals surface area contributed by atoms with Crippen molar-refractivity contribution in [1.29, 1.82) is 0 Å². The van der Waals surface area contributed by atoms with Crippen LogP contribution < -0.4 is 20.7 Å². The zero-order valence-corrected chi connectivity index (χ0v) is 18.7. The van der Waals surface area contributed by atoms with Crippen LogP contribution in [0.15, 0.2) is 47.1 Å². The molecule has 1 saturated heterocycles. The van der Waals surface area contributed by atoms with Gasteiger partial charge in [-0.25, -0.2) is 14.2 Å². The van der Waals surface area contributed by atoms with Gasteiger partial charge in [-0.3, -0.25) is 20.0 Å². The molecule has 1 aromatic carbocycles. The Bertz CT molecular complexity index is 1550. The van der Waals surface area contributed by atoms with Gasteiger partial charge in [0.25, 0.3) is 11.8 Å². The number of H-pyrrole nitrogens is 1. The third-order valence-electron chi connectivity index (χ3n) is 6.21. The van der Waals surface area contributed by atoms with Crippen LogP contribution in [0.4, 0.5) is 20.7 Å². The molecule has 4 amide bonds. The number of anilines is 2. The number of halogens is 1. The van der Waals surface area contributed by atoms with E-state index in [1.54, 1.807) is 30.6 Å². The molecule has 13 heteroatoms. The number of hydrogen-bond acceptors (Lipinski definition) is 8. The first-order valence-corrected chi connectivity index (χ1v) is 10.8. The zero-order valence-electron chi connectivity index (χ0n) is 18.7. The lowest BCUT2D eigenvalue weighted by atomic mass is 9.95. The molecule has 182 valence electrons. The van der Waals surface area contributed by atoms with Crippen molar-refractivity contribution in [3.8, 4) is 5.75 Å². The van der Waals surface area contributed by atoms with Crippen LogP contribution in [-0.4, -0.2) is 51.6 Å². The highest BCUT2D eigenvalue weighted by Gasteiger charge is 2.53. The third kappa shape index (κ3) is 3.24. The smallest absolute Gasteiger partial charge is 0.322 e. The summed E-state index contributed by atoms with van der Waals surface area (Å²) < 4.78 is 25.7. The Morgan fingerprint density at radius 3 is 2.83 bits per heavy atom. The molecule has 0 aliphatic carbocycles. The fourth-order valence-corrected chi connectivity index (χ4v) is 4.49. The van der Waals surface area contributed by atoms with Gasteiger partial charge in [-0.15, -0.1) is 0 Å². The van der Waals surface area contributed by atoms with E-state index in [-0.39, 0.29) is 30.2 Å². The number of nitrogens with one attached hydrogen (secondary N) is 4. The number of pyridine rings is 1. The van der Waals surface area contributed by atoms with Crippen molar-refractivity contribution < 1.29 is 27.9 Å². The molecule has 6 rings (SSSR count). The van der Waals surface area contributed by atoms with Crippen LogP contribution in [0.1, 0.15) is 21.7 Å². The maximum absolute atomic E-state index is 14.8. The van der Waals surface area contributed by atoms with Gasteiger partial charge in [-0.1, -0.05) is 6.07 Å². The number of ether oxygens (including phenoxy) is 1. The summed E-state index contributed by atoms with van der Waals surface area (Å²) in [4.78, 5) is 44.2. The number of nitrogens with zero attached hydrogens (tertiary/aromatic N) is 3. The van der Waals surface area contributed by atoms with E-state index in [1.165, 1.54) is 24.1 Å². The number of amides is 4. The number of imide groups is 1. The average molecular weight is 491 g/mol. The van der Waals surface area contributed by atoms with Gasteiger partial charge in [0, 0.05) is 18.8 Å². The number of aromatic amines is 1. The first-order chi connectivity index (χ1) is 17.4. The Balaban J connectivity index is 1.36. The molecule has 2 aliphatic rings. The van der Waals surface area contributed by atoms with Crippen LogP contribution in [0.5, 0.6) is 5.75 Å². The summed E-state index contributed by atoms with van der Waals surface area (Å²) in [6.45, 7) is -0.253. The first kappa shape index (κ1) is 21.6. The molecule has 0 spiro atoms. The van der Waals surface area contributed by atoms with Gasteiger partial charge in [0.2, 0.25) is 0 Å². The van der Waals surface area contributed by atoms with E-state index in [0.717, 1.165) is 0 Å². The second kappa shape index (κ2) is 7.80. The number of urea groups is 1. The van der Waals surface area contributed by atoms with Crippen LogP contribution in [0.2, 0.25) is 0 Å². The minimum atomic E-state index is -1.74. The van der Waals surface area contributed by atoms with E-state index in [9.17, 15) is 18.8 Å². The third-order valence-corrected chi connectivity index (χ3v) is 6.21. The topological polar surface area (TPSA) is 154 Å². The summed E-state index contributed by atoms with van der Waals surface area (Å²) in [5.74, 6) is -1.59. The van der Waals surface area contributed by atoms with Crippen LogP contribution in [0.3, 0.4) is 0 Å². The summed E-state index contributed by atoms with van der Waals surface area (Å²) in [6.07, 6.45) is 3.24. The molecular formula is C23H18FN7O5. The van der Waals surface area contributed by atoms with Crippen molar-refractivity contribution in [2.45, 2.75) is 12.1 Å². The molecule has 0 radical (unpaired) electrons. The van der Waals surface area contributed by atoms with Gasteiger partial charge in [0.05, 0.1) is 31.1 Å². The standard InChI is InChI=1S/C23H18FN7O5/c1-35-15-3-2-11-9-31(20(32)18(11)19(15)24)10-23(21(33)29-22(34)30-23)16-6-13-14(36-16)4-5-17(28-13)27-12-7-25-26-8-12/h2-8H,9-10H2,1H3,(H,25,26)(H,27,28)(H2,29,30,33,34). The highest BCUT2D eigenvalue weighted by atomic mass is 19.1. The summed E-state index contributed by atoms with van der Waals surface area (Å²) in [5, 5.41) is 14.4. The largest absolute Gasteiger partial charge is 0.494 e. The summed E-state index contributed by atoms with van der Waals surface area (Å²) in [6, 6.07) is 7.15. The highest BCUT2D eigenvalue weighted by Crippen LogP contribution is 2.36. The van der Waals surface area contributed by atoms with Gasteiger partial charge in [0.1, 0.15) is 17.1 Å². The lowest BCUT2D eigenvalue weighted by Crippen LogP contribution is -2.52. The minimum Gasteiger partial charge on any atom is -0.494 e. The zero-order chi connectivity index (χ0) is 25.0. The molecule has 0 bridgehead atoms. The lowest BCUT2D eigenvalue weighted by molar-refractivity contribution is -0.125. The second-order valence-electron chi connectivity index (χ2n) is 8.39. The Kier molecular flexibility index (Phi) is 4.67. The number of carbonyl (C=O) groups excluding carboxylic acids is 3. The van der Waals surface area contributed by atoms with Gasteiger partial charge in [-0.05, 0) is 23.8 Å². The molecule has 2 aliphatic heterocycles. The van der Waals surface area contributed by atoms with Crippen molar-refractivity contribution in [2.75, 3.05) is 19.0 Å². The first-order valence-electron chi connectivity index (χ1n) is 10.8. The van der Waals surface area contributed by atoms with E-state index in [4.69, 9.17) is 9.15 Å². The van der Waals surface area contributed by atoms with Crippen LogP contribution in [-0.2, 0) is 16.9 Å². The minimum absolute atomic E-state index is 0.0389. The van der Waals surface area contributed by atoms with Gasteiger partial charge in [-0.2, -0.15) is 5.10 Å². The molecule has 0 saturated carbocycles. The number of fused-ring (bicyclic) bond motifs is 2. The maximum atomic E-state index is 14.8. The molecule has 36 heavy (non-hydrogen) atoms. The fourth-order valence-electron chi connectivity index (χ4n) is 4.49. The SMILES string of the molecule is COc1ccc2c(c1F)C(=O)N(CC1(c3cc4nc(Nc5cn[nH]c5)ccc4o3)NC(=O)NC1=O)C2. The Morgan fingerprint density at radius 2 is 2.11 bits per heavy atom. The van der Waals surface area contributed by atoms with Crippen LogP contribution in [0.25, 0.3) is 11.1 Å². The van der Waals surface area contributed by atoms with Crippen molar-refractivity contribution in [3.05, 3.63) is 65.4 Å². The van der Waals surface area contributed by atoms with E-state index in [2.05, 4.69) is 31.1 Å². The number of rotatable bonds is 6. The normalized spacial score (nSPS) is 18.9. The fraction of sp³-hybridized carbons (Fsp3) is 0.174. The van der Waals surface area contributed by atoms with Crippen LogP contribution in [0, 0.1) is 5.82 Å². The molecule has 4 aromatic rings. The second-order valence-corrected chi connectivity index (χ2v) is 8.39. The van der Waals surface area contributed by atoms with E-state index >= 15 is 0 Å². The Labute approximate surface area is 201 Å². The molecular weight excluding hydrogens is 473 g/mol. The molecule has 3 aromatic heterocycles. The summed E-state index contributed by atoms with van der Waals surface area (Å²) in [7, 11) is 1.31. The number of benzene rings is 1. The Morgan fingerprint density at radius 1 is 1.25 bits per heavy atom. The predicted octanol–water partition coefficient (Wildman–Crippen LogP) is 2.13. The Hall–Kier alpha value is -4.94. The number of carbonyl (C=O) groups is 3. The summed E-state index contributed by atoms with van der Waals surface area (Å²) in [5.41, 5.74) is 0.0469. The number of furan rings is 1. The molecule has 4 N–H and O–H groups in total. The number of aromatic nitrogens is 3. The number of hydrogen-bond donors (Lipinski definition) is 4. The van der Waals surface area contributed by atoms with Gasteiger partial charge in [0.15, 0.2) is 22.7 Å². The molecule has 1 unspecified atom stereocenters. The monoisotopic (exact) mass is 491 g/mol. The van der Waals surface area contributed by atoms with Crippen LogP contribution >= 0.6 is 0 Å². The highest BCUT2D eigenvalue weighted by molar-refractivity contribution is 6.08. The quantitative estimate of drug-likeness (QED) is 0.299. The van der Waals surface area contributed by atoms with Crippen molar-refractivity contribution >= 4 is 40.5 Å². The van der Waals surface area contributed by atoms with E-state index < -0.39 is 29.2 Å². The summed E-state index contributed by atoms with van der Waals surface area (Å²) >= 11 is 0. The molecule has 12 nitrogen and oxygen atoms in total. The lowest BCUT2D eigenvalue weighted by Gasteiger charge is -2.28. The predicted molar refractivity (Wildman–Crippen MR) is 122 cm³/mol. The van der Waals surface area contributed by atoms with Gasteiger partial charge >= 0.3 is 6.03 Å². The molecule has 1 fully saturated rings. The maximum Gasteiger partial charge on any atom is 0.322 e.